The standard InChI is InChI=1S/C15H14FN3O/c16-14-8-11(10-17)4-5-15(14)19-6-7-20-13-3-1-2-12(18)9-13/h1-5,8-9,19H,6-7,18H2. The summed E-state index contributed by atoms with van der Waals surface area (Å²) in [6, 6.07) is 13.3. The van der Waals surface area contributed by atoms with Gasteiger partial charge in [0.25, 0.3) is 0 Å². The normalized spacial score (nSPS) is 9.80. The van der Waals surface area contributed by atoms with Gasteiger partial charge < -0.3 is 15.8 Å². The highest BCUT2D eigenvalue weighted by Gasteiger charge is 2.02. The van der Waals surface area contributed by atoms with Crippen molar-refractivity contribution in [1.29, 1.82) is 5.26 Å². The molecule has 0 aliphatic heterocycles. The highest BCUT2D eigenvalue weighted by atomic mass is 19.1. The van der Waals surface area contributed by atoms with Gasteiger partial charge >= 0.3 is 0 Å². The number of hydrogen-bond acceptors (Lipinski definition) is 4. The first-order valence-electron chi connectivity index (χ1n) is 6.11. The van der Waals surface area contributed by atoms with Gasteiger partial charge in [0.1, 0.15) is 18.2 Å². The zero-order valence-corrected chi connectivity index (χ0v) is 10.8. The van der Waals surface area contributed by atoms with E-state index in [9.17, 15) is 4.39 Å². The Labute approximate surface area is 116 Å². The fourth-order valence-electron chi connectivity index (χ4n) is 1.69. The van der Waals surface area contributed by atoms with Crippen molar-refractivity contribution in [1.82, 2.24) is 0 Å². The minimum Gasteiger partial charge on any atom is -0.492 e. The molecule has 3 N–H and O–H groups in total. The average Bonchev–Trinajstić information content (AvgIpc) is 2.45. The maximum absolute atomic E-state index is 13.6. The molecule has 5 heteroatoms. The van der Waals surface area contributed by atoms with E-state index in [2.05, 4.69) is 5.32 Å². The Morgan fingerprint density at radius 1 is 1.25 bits per heavy atom. The lowest BCUT2D eigenvalue weighted by Gasteiger charge is -2.09. The van der Waals surface area contributed by atoms with Crippen molar-refractivity contribution in [3.8, 4) is 11.8 Å². The summed E-state index contributed by atoms with van der Waals surface area (Å²) in [6.07, 6.45) is 0. The average molecular weight is 271 g/mol. The van der Waals surface area contributed by atoms with Crippen molar-refractivity contribution in [2.24, 2.45) is 0 Å². The smallest absolute Gasteiger partial charge is 0.147 e. The lowest BCUT2D eigenvalue weighted by atomic mass is 10.2. The predicted octanol–water partition coefficient (Wildman–Crippen LogP) is 2.77. The van der Waals surface area contributed by atoms with E-state index in [1.807, 2.05) is 6.07 Å². The second-order valence-corrected chi connectivity index (χ2v) is 4.15. The van der Waals surface area contributed by atoms with Crippen LogP contribution >= 0.6 is 0 Å². The predicted molar refractivity (Wildman–Crippen MR) is 76.0 cm³/mol. The van der Waals surface area contributed by atoms with E-state index in [-0.39, 0.29) is 0 Å². The monoisotopic (exact) mass is 271 g/mol. The van der Waals surface area contributed by atoms with Crippen molar-refractivity contribution in [2.45, 2.75) is 0 Å². The molecular formula is C15H14FN3O. The molecule has 0 heterocycles. The SMILES string of the molecule is N#Cc1ccc(NCCOc2cccc(N)c2)c(F)c1. The lowest BCUT2D eigenvalue weighted by Crippen LogP contribution is -2.12. The number of nitrogens with two attached hydrogens (primary N) is 1. The van der Waals surface area contributed by atoms with Gasteiger partial charge in [-0.3, -0.25) is 0 Å². The van der Waals surface area contributed by atoms with Crippen LogP contribution in [-0.4, -0.2) is 13.2 Å². The van der Waals surface area contributed by atoms with Crippen LogP contribution in [0.15, 0.2) is 42.5 Å². The molecule has 0 saturated heterocycles. The molecule has 2 rings (SSSR count). The Morgan fingerprint density at radius 2 is 2.10 bits per heavy atom. The van der Waals surface area contributed by atoms with Gasteiger partial charge in [0.15, 0.2) is 0 Å². The van der Waals surface area contributed by atoms with Gasteiger partial charge in [0, 0.05) is 18.3 Å². The number of nitriles is 1. The van der Waals surface area contributed by atoms with Crippen LogP contribution in [0.25, 0.3) is 0 Å². The third kappa shape index (κ3) is 3.62. The number of nitrogens with one attached hydrogen (secondary N) is 1. The van der Waals surface area contributed by atoms with Gasteiger partial charge in [-0.2, -0.15) is 5.26 Å². The largest absolute Gasteiger partial charge is 0.492 e. The van der Waals surface area contributed by atoms with E-state index in [1.165, 1.54) is 12.1 Å². The van der Waals surface area contributed by atoms with E-state index >= 15 is 0 Å². The highest BCUT2D eigenvalue weighted by molar-refractivity contribution is 5.48. The number of nitrogen functional groups attached to an aromatic ring is 1. The van der Waals surface area contributed by atoms with E-state index in [0.29, 0.717) is 35.8 Å². The lowest BCUT2D eigenvalue weighted by molar-refractivity contribution is 0.333. The topological polar surface area (TPSA) is 71.1 Å². The van der Waals surface area contributed by atoms with Crippen molar-refractivity contribution in [3.05, 3.63) is 53.8 Å². The minimum atomic E-state index is -0.451. The van der Waals surface area contributed by atoms with Crippen LogP contribution < -0.4 is 15.8 Å². The summed E-state index contributed by atoms with van der Waals surface area (Å²) >= 11 is 0. The van der Waals surface area contributed by atoms with Crippen LogP contribution in [0, 0.1) is 17.1 Å². The first kappa shape index (κ1) is 13.7. The summed E-state index contributed by atoms with van der Waals surface area (Å²) in [7, 11) is 0. The molecule has 2 aromatic rings. The number of ether oxygens (including phenoxy) is 1. The maximum atomic E-state index is 13.6. The highest BCUT2D eigenvalue weighted by Crippen LogP contribution is 2.16. The second kappa shape index (κ2) is 6.43. The van der Waals surface area contributed by atoms with E-state index < -0.39 is 5.82 Å². The molecule has 0 spiro atoms. The molecule has 0 radical (unpaired) electrons. The van der Waals surface area contributed by atoms with Gasteiger partial charge in [0.2, 0.25) is 0 Å². The Morgan fingerprint density at radius 3 is 2.80 bits per heavy atom. The van der Waals surface area contributed by atoms with E-state index in [0.717, 1.165) is 0 Å². The molecule has 2 aromatic carbocycles. The van der Waals surface area contributed by atoms with Crippen LogP contribution in [0.1, 0.15) is 5.56 Å². The van der Waals surface area contributed by atoms with Gasteiger partial charge in [-0.15, -0.1) is 0 Å². The van der Waals surface area contributed by atoms with E-state index in [4.69, 9.17) is 15.7 Å². The molecule has 0 aromatic heterocycles. The molecule has 20 heavy (non-hydrogen) atoms. The van der Waals surface area contributed by atoms with Crippen molar-refractivity contribution in [3.63, 3.8) is 0 Å². The van der Waals surface area contributed by atoms with Crippen LogP contribution in [-0.2, 0) is 0 Å². The third-order valence-corrected chi connectivity index (χ3v) is 2.64. The zero-order chi connectivity index (χ0) is 14.4. The fourth-order valence-corrected chi connectivity index (χ4v) is 1.69. The van der Waals surface area contributed by atoms with Gasteiger partial charge in [-0.25, -0.2) is 4.39 Å². The third-order valence-electron chi connectivity index (χ3n) is 2.64. The molecule has 0 atom stereocenters. The summed E-state index contributed by atoms with van der Waals surface area (Å²) < 4.78 is 19.0. The molecule has 0 amide bonds. The van der Waals surface area contributed by atoms with E-state index in [1.54, 1.807) is 30.3 Å². The van der Waals surface area contributed by atoms with Gasteiger partial charge in [0.05, 0.1) is 17.3 Å². The Bertz CT molecular complexity index is 637. The number of anilines is 2. The van der Waals surface area contributed by atoms with Crippen molar-refractivity contribution < 1.29 is 9.13 Å². The number of rotatable bonds is 5. The summed E-state index contributed by atoms with van der Waals surface area (Å²) in [5.41, 5.74) is 6.91. The molecule has 0 aliphatic carbocycles. The summed E-state index contributed by atoms with van der Waals surface area (Å²) in [5.74, 6) is 0.222. The van der Waals surface area contributed by atoms with Crippen molar-refractivity contribution >= 4 is 11.4 Å². The number of benzene rings is 2. The zero-order valence-electron chi connectivity index (χ0n) is 10.8. The Hall–Kier alpha value is -2.74. The van der Waals surface area contributed by atoms with Crippen LogP contribution in [0.2, 0.25) is 0 Å². The quantitative estimate of drug-likeness (QED) is 0.648. The Kier molecular flexibility index (Phi) is 4.40. The first-order valence-corrected chi connectivity index (χ1v) is 6.11. The van der Waals surface area contributed by atoms with Crippen LogP contribution in [0.3, 0.4) is 0 Å². The molecule has 4 nitrogen and oxygen atoms in total. The number of hydrogen-bond donors (Lipinski definition) is 2. The molecule has 0 aliphatic rings. The summed E-state index contributed by atoms with van der Waals surface area (Å²) in [5, 5.41) is 11.6. The molecule has 0 saturated carbocycles. The minimum absolute atomic E-state index is 0.295. The van der Waals surface area contributed by atoms with Crippen LogP contribution in [0.4, 0.5) is 15.8 Å². The van der Waals surface area contributed by atoms with Gasteiger partial charge in [-0.05, 0) is 30.3 Å². The molecule has 0 bridgehead atoms. The van der Waals surface area contributed by atoms with Crippen LogP contribution in [0.5, 0.6) is 5.75 Å². The molecule has 0 unspecified atom stereocenters. The molecule has 102 valence electrons. The summed E-state index contributed by atoms with van der Waals surface area (Å²) in [6.45, 7) is 0.820. The second-order valence-electron chi connectivity index (χ2n) is 4.15. The first-order chi connectivity index (χ1) is 9.69. The summed E-state index contributed by atoms with van der Waals surface area (Å²) in [4.78, 5) is 0. The van der Waals surface area contributed by atoms with Gasteiger partial charge in [-0.1, -0.05) is 6.07 Å². The fraction of sp³-hybridized carbons (Fsp3) is 0.133. The molecule has 0 fully saturated rings. The maximum Gasteiger partial charge on any atom is 0.147 e. The molecular weight excluding hydrogens is 257 g/mol. The van der Waals surface area contributed by atoms with Crippen molar-refractivity contribution in [2.75, 3.05) is 24.2 Å². The number of nitrogens with zero attached hydrogens (tertiary/aromatic N) is 1. The Balaban J connectivity index is 1.83. The number of halogens is 1.